The molecule has 3 rings (SSSR count). The van der Waals surface area contributed by atoms with Gasteiger partial charge >= 0.3 is 0 Å². The van der Waals surface area contributed by atoms with E-state index >= 15 is 0 Å². The molecule has 0 fully saturated rings. The van der Waals surface area contributed by atoms with E-state index in [4.69, 9.17) is 5.73 Å². The van der Waals surface area contributed by atoms with E-state index in [0.29, 0.717) is 0 Å². The first-order valence-electron chi connectivity index (χ1n) is 6.68. The van der Waals surface area contributed by atoms with Crippen molar-refractivity contribution < 1.29 is 0 Å². The molecule has 3 N–H and O–H groups in total. The van der Waals surface area contributed by atoms with Crippen molar-refractivity contribution in [1.82, 2.24) is 9.55 Å². The number of nitrogens with one attached hydrogen (secondary N) is 1. The van der Waals surface area contributed by atoms with Crippen LogP contribution in [0.5, 0.6) is 0 Å². The molecule has 1 aromatic heterocycles. The van der Waals surface area contributed by atoms with Crippen molar-refractivity contribution in [3.63, 3.8) is 0 Å². The van der Waals surface area contributed by atoms with E-state index in [1.807, 2.05) is 49.5 Å². The second-order valence-electron chi connectivity index (χ2n) is 5.02. The number of nitrogens with two attached hydrogens (primary N) is 1. The number of benzene rings is 2. The molecule has 0 bridgehead atoms. The lowest BCUT2D eigenvalue weighted by Crippen LogP contribution is -2.10. The Morgan fingerprint density at radius 3 is 2.50 bits per heavy atom. The summed E-state index contributed by atoms with van der Waals surface area (Å²) in [6, 6.07) is 16.2. The maximum atomic E-state index is 5.72. The quantitative estimate of drug-likeness (QED) is 0.715. The first kappa shape index (κ1) is 12.5. The van der Waals surface area contributed by atoms with Gasteiger partial charge in [0, 0.05) is 12.7 Å². The van der Waals surface area contributed by atoms with Crippen LogP contribution >= 0.6 is 0 Å². The molecule has 0 saturated carbocycles. The highest BCUT2D eigenvalue weighted by molar-refractivity contribution is 5.78. The highest BCUT2D eigenvalue weighted by atomic mass is 15.2. The molecule has 0 radical (unpaired) electrons. The lowest BCUT2D eigenvalue weighted by atomic mass is 10.1. The number of nitrogens with zero attached hydrogens (tertiary/aromatic N) is 2. The van der Waals surface area contributed by atoms with Gasteiger partial charge in [0.15, 0.2) is 0 Å². The SMILES string of the molecule is CC(Nc1nc2ccccc2n1C)c1ccc(N)cc1. The molecule has 102 valence electrons. The molecule has 1 unspecified atom stereocenters. The lowest BCUT2D eigenvalue weighted by Gasteiger charge is -2.15. The largest absolute Gasteiger partial charge is 0.399 e. The fourth-order valence-corrected chi connectivity index (χ4v) is 2.34. The summed E-state index contributed by atoms with van der Waals surface area (Å²) >= 11 is 0. The number of hydrogen-bond acceptors (Lipinski definition) is 3. The topological polar surface area (TPSA) is 55.9 Å². The van der Waals surface area contributed by atoms with Gasteiger partial charge in [-0.25, -0.2) is 4.98 Å². The summed E-state index contributed by atoms with van der Waals surface area (Å²) in [6.07, 6.45) is 0. The Labute approximate surface area is 118 Å². The van der Waals surface area contributed by atoms with Gasteiger partial charge in [-0.3, -0.25) is 0 Å². The second-order valence-corrected chi connectivity index (χ2v) is 5.02. The van der Waals surface area contributed by atoms with E-state index in [2.05, 4.69) is 27.9 Å². The molecular formula is C16H18N4. The Morgan fingerprint density at radius 1 is 1.10 bits per heavy atom. The van der Waals surface area contributed by atoms with Gasteiger partial charge in [0.25, 0.3) is 0 Å². The summed E-state index contributed by atoms with van der Waals surface area (Å²) in [4.78, 5) is 4.62. The van der Waals surface area contributed by atoms with Crippen LogP contribution in [0.15, 0.2) is 48.5 Å². The third kappa shape index (κ3) is 2.20. The van der Waals surface area contributed by atoms with Gasteiger partial charge in [0.2, 0.25) is 5.95 Å². The van der Waals surface area contributed by atoms with Gasteiger partial charge in [-0.1, -0.05) is 24.3 Å². The average Bonchev–Trinajstić information content (AvgIpc) is 2.77. The fourth-order valence-electron chi connectivity index (χ4n) is 2.34. The summed E-state index contributed by atoms with van der Waals surface area (Å²) < 4.78 is 2.07. The van der Waals surface area contributed by atoms with Gasteiger partial charge in [-0.2, -0.15) is 0 Å². The van der Waals surface area contributed by atoms with Crippen LogP contribution in [0.1, 0.15) is 18.5 Å². The number of aromatic nitrogens is 2. The van der Waals surface area contributed by atoms with Crippen LogP contribution in [0.4, 0.5) is 11.6 Å². The summed E-state index contributed by atoms with van der Waals surface area (Å²) in [6.45, 7) is 2.12. The first-order chi connectivity index (χ1) is 9.65. The van der Waals surface area contributed by atoms with Crippen molar-refractivity contribution in [2.45, 2.75) is 13.0 Å². The maximum absolute atomic E-state index is 5.72. The molecule has 1 atom stereocenters. The Morgan fingerprint density at radius 2 is 1.80 bits per heavy atom. The minimum absolute atomic E-state index is 0.172. The Bertz CT molecular complexity index is 728. The number of imidazole rings is 1. The van der Waals surface area contributed by atoms with Crippen LogP contribution in [0.3, 0.4) is 0 Å². The number of anilines is 2. The third-order valence-corrected chi connectivity index (χ3v) is 3.57. The zero-order chi connectivity index (χ0) is 14.1. The van der Waals surface area contributed by atoms with Gasteiger partial charge < -0.3 is 15.6 Å². The molecule has 20 heavy (non-hydrogen) atoms. The molecular weight excluding hydrogens is 248 g/mol. The predicted octanol–water partition coefficient (Wildman–Crippen LogP) is 3.33. The monoisotopic (exact) mass is 266 g/mol. The summed E-state index contributed by atoms with van der Waals surface area (Å²) in [7, 11) is 2.02. The van der Waals surface area contributed by atoms with Gasteiger partial charge in [0.1, 0.15) is 0 Å². The number of aryl methyl sites for hydroxylation is 1. The molecule has 2 aromatic carbocycles. The maximum Gasteiger partial charge on any atom is 0.204 e. The highest BCUT2D eigenvalue weighted by Gasteiger charge is 2.11. The Balaban J connectivity index is 1.89. The standard InChI is InChI=1S/C16H18N4/c1-11(12-7-9-13(17)10-8-12)18-16-19-14-5-3-4-6-15(14)20(16)2/h3-11H,17H2,1-2H3,(H,18,19). The first-order valence-corrected chi connectivity index (χ1v) is 6.68. The zero-order valence-electron chi connectivity index (χ0n) is 11.7. The van der Waals surface area contributed by atoms with Crippen LogP contribution in [0.2, 0.25) is 0 Å². The number of hydrogen-bond donors (Lipinski definition) is 2. The van der Waals surface area contributed by atoms with Crippen LogP contribution in [0.25, 0.3) is 11.0 Å². The van der Waals surface area contributed by atoms with Crippen molar-refractivity contribution in [2.75, 3.05) is 11.1 Å². The van der Waals surface area contributed by atoms with Crippen molar-refractivity contribution >= 4 is 22.7 Å². The van der Waals surface area contributed by atoms with Crippen LogP contribution in [-0.4, -0.2) is 9.55 Å². The van der Waals surface area contributed by atoms with E-state index in [9.17, 15) is 0 Å². The smallest absolute Gasteiger partial charge is 0.204 e. The number of nitrogen functional groups attached to an aromatic ring is 1. The van der Waals surface area contributed by atoms with E-state index < -0.39 is 0 Å². The minimum Gasteiger partial charge on any atom is -0.399 e. The highest BCUT2D eigenvalue weighted by Crippen LogP contribution is 2.22. The van der Waals surface area contributed by atoms with Crippen molar-refractivity contribution in [2.24, 2.45) is 7.05 Å². The van der Waals surface area contributed by atoms with Crippen molar-refractivity contribution in [3.8, 4) is 0 Å². The summed E-state index contributed by atoms with van der Waals surface area (Å²) in [5.74, 6) is 0.871. The molecule has 3 aromatic rings. The van der Waals surface area contributed by atoms with Gasteiger partial charge in [-0.15, -0.1) is 0 Å². The average molecular weight is 266 g/mol. The normalized spacial score (nSPS) is 12.5. The van der Waals surface area contributed by atoms with Crippen LogP contribution < -0.4 is 11.1 Å². The molecule has 4 nitrogen and oxygen atoms in total. The molecule has 1 heterocycles. The second kappa shape index (κ2) is 4.89. The van der Waals surface area contributed by atoms with E-state index in [-0.39, 0.29) is 6.04 Å². The molecule has 0 aliphatic rings. The minimum atomic E-state index is 0.172. The van der Waals surface area contributed by atoms with Crippen molar-refractivity contribution in [3.05, 3.63) is 54.1 Å². The van der Waals surface area contributed by atoms with Gasteiger partial charge in [0.05, 0.1) is 17.1 Å². The Hall–Kier alpha value is -2.49. The molecule has 0 spiro atoms. The third-order valence-electron chi connectivity index (χ3n) is 3.57. The zero-order valence-corrected chi connectivity index (χ0v) is 11.7. The molecule has 0 amide bonds. The van der Waals surface area contributed by atoms with E-state index in [0.717, 1.165) is 22.7 Å². The van der Waals surface area contributed by atoms with E-state index in [1.54, 1.807) is 0 Å². The van der Waals surface area contributed by atoms with Gasteiger partial charge in [-0.05, 0) is 36.8 Å². The Kier molecular flexibility index (Phi) is 3.06. The summed E-state index contributed by atoms with van der Waals surface area (Å²) in [5.41, 5.74) is 9.81. The van der Waals surface area contributed by atoms with Crippen molar-refractivity contribution in [1.29, 1.82) is 0 Å². The fraction of sp³-hybridized carbons (Fsp3) is 0.188. The molecule has 0 saturated heterocycles. The number of para-hydroxylation sites is 2. The predicted molar refractivity (Wildman–Crippen MR) is 83.6 cm³/mol. The van der Waals surface area contributed by atoms with Crippen LogP contribution in [0, 0.1) is 0 Å². The number of rotatable bonds is 3. The molecule has 0 aliphatic heterocycles. The van der Waals surface area contributed by atoms with Crippen LogP contribution in [-0.2, 0) is 7.05 Å². The lowest BCUT2D eigenvalue weighted by molar-refractivity contribution is 0.832. The molecule has 4 heteroatoms. The van der Waals surface area contributed by atoms with E-state index in [1.165, 1.54) is 5.56 Å². The number of fused-ring (bicyclic) bond motifs is 1. The molecule has 0 aliphatic carbocycles. The summed E-state index contributed by atoms with van der Waals surface area (Å²) in [5, 5.41) is 3.45.